The molecule has 4 N–H and O–H groups in total. The van der Waals surface area contributed by atoms with Crippen LogP contribution in [0.15, 0.2) is 4.99 Å². The Balaban J connectivity index is 1.49. The van der Waals surface area contributed by atoms with Crippen molar-refractivity contribution in [3.05, 3.63) is 0 Å². The maximum absolute atomic E-state index is 12.1. The zero-order chi connectivity index (χ0) is 18.0. The molecule has 3 rings (SSSR count). The summed E-state index contributed by atoms with van der Waals surface area (Å²) in [5.74, 6) is 0.493. The number of hydrogen-bond donors (Lipinski definition) is 4. The molecule has 1 unspecified atom stereocenters. The molecule has 2 aliphatic heterocycles. The highest BCUT2D eigenvalue weighted by atomic mass is 16.2. The van der Waals surface area contributed by atoms with Crippen LogP contribution in [0.3, 0.4) is 0 Å². The van der Waals surface area contributed by atoms with E-state index in [1.165, 1.54) is 0 Å². The molecule has 3 aliphatic rings. The number of urea groups is 1. The van der Waals surface area contributed by atoms with Crippen molar-refractivity contribution in [2.45, 2.75) is 44.2 Å². The molecule has 0 aromatic rings. The molecule has 2 saturated heterocycles. The molecular weight excluding hydrogens is 324 g/mol. The van der Waals surface area contributed by atoms with Gasteiger partial charge in [0.05, 0.1) is 6.54 Å². The van der Waals surface area contributed by atoms with E-state index in [9.17, 15) is 14.4 Å². The number of carbonyl (C=O) groups excluding carboxylic acids is 3. The highest BCUT2D eigenvalue weighted by molar-refractivity contribution is 6.07. The van der Waals surface area contributed by atoms with Crippen molar-refractivity contribution < 1.29 is 14.4 Å². The van der Waals surface area contributed by atoms with E-state index in [4.69, 9.17) is 0 Å². The fraction of sp³-hybridized carbons (Fsp3) is 0.750. The molecule has 1 aliphatic carbocycles. The Morgan fingerprint density at radius 3 is 2.48 bits per heavy atom. The molecule has 0 radical (unpaired) electrons. The number of guanidine groups is 1. The van der Waals surface area contributed by atoms with E-state index in [-0.39, 0.29) is 24.3 Å². The number of imide groups is 1. The van der Waals surface area contributed by atoms with Crippen molar-refractivity contribution >= 4 is 23.8 Å². The SMILES string of the molecule is CN=C(NCC(=O)NC1CC1)N1CCC(C2(C)NC(=O)NC2=O)CC1. The van der Waals surface area contributed by atoms with E-state index in [1.807, 2.05) is 0 Å². The zero-order valence-electron chi connectivity index (χ0n) is 14.7. The Bertz CT molecular complexity index is 595. The first kappa shape index (κ1) is 17.5. The largest absolute Gasteiger partial charge is 0.352 e. The Hall–Kier alpha value is -2.32. The third-order valence-corrected chi connectivity index (χ3v) is 5.24. The normalized spacial score (nSPS) is 27.8. The second-order valence-corrected chi connectivity index (χ2v) is 7.11. The van der Waals surface area contributed by atoms with Gasteiger partial charge < -0.3 is 20.9 Å². The third kappa shape index (κ3) is 3.85. The molecule has 9 nitrogen and oxygen atoms in total. The number of aliphatic imine (C=N–C) groups is 1. The first-order chi connectivity index (χ1) is 11.9. The maximum atomic E-state index is 12.1. The number of carbonyl (C=O) groups is 3. The van der Waals surface area contributed by atoms with Gasteiger partial charge in [-0.1, -0.05) is 0 Å². The summed E-state index contributed by atoms with van der Waals surface area (Å²) in [7, 11) is 1.69. The molecule has 1 atom stereocenters. The predicted molar refractivity (Wildman–Crippen MR) is 91.9 cm³/mol. The molecule has 138 valence electrons. The van der Waals surface area contributed by atoms with Crippen molar-refractivity contribution in [3.8, 4) is 0 Å². The summed E-state index contributed by atoms with van der Waals surface area (Å²) in [5.41, 5.74) is -0.843. The molecule has 9 heteroatoms. The van der Waals surface area contributed by atoms with Gasteiger partial charge in [-0.15, -0.1) is 0 Å². The van der Waals surface area contributed by atoms with Crippen molar-refractivity contribution in [1.82, 2.24) is 26.2 Å². The Morgan fingerprint density at radius 2 is 1.96 bits per heavy atom. The molecule has 0 aromatic carbocycles. The van der Waals surface area contributed by atoms with Crippen LogP contribution in [0.5, 0.6) is 0 Å². The average Bonchev–Trinajstić information content (AvgIpc) is 3.34. The number of hydrogen-bond acceptors (Lipinski definition) is 4. The van der Waals surface area contributed by atoms with E-state index in [0.717, 1.165) is 25.7 Å². The van der Waals surface area contributed by atoms with Gasteiger partial charge >= 0.3 is 6.03 Å². The first-order valence-electron chi connectivity index (χ1n) is 8.81. The first-order valence-corrected chi connectivity index (χ1v) is 8.81. The molecule has 4 amide bonds. The van der Waals surface area contributed by atoms with Gasteiger partial charge in [0.25, 0.3) is 5.91 Å². The summed E-state index contributed by atoms with van der Waals surface area (Å²) >= 11 is 0. The fourth-order valence-electron chi connectivity index (χ4n) is 3.51. The van der Waals surface area contributed by atoms with Crippen LogP contribution >= 0.6 is 0 Å². The lowest BCUT2D eigenvalue weighted by Gasteiger charge is -2.39. The van der Waals surface area contributed by atoms with Crippen LogP contribution in [-0.4, -0.2) is 67.0 Å². The molecule has 0 bridgehead atoms. The second-order valence-electron chi connectivity index (χ2n) is 7.11. The minimum absolute atomic E-state index is 0.0172. The minimum atomic E-state index is -0.843. The van der Waals surface area contributed by atoms with E-state index >= 15 is 0 Å². The number of piperidine rings is 1. The lowest BCUT2D eigenvalue weighted by molar-refractivity contribution is -0.125. The van der Waals surface area contributed by atoms with Gasteiger partial charge in [-0.25, -0.2) is 4.79 Å². The van der Waals surface area contributed by atoms with Crippen LogP contribution < -0.4 is 21.3 Å². The van der Waals surface area contributed by atoms with Crippen LogP contribution in [0.25, 0.3) is 0 Å². The van der Waals surface area contributed by atoms with Gasteiger partial charge in [0.15, 0.2) is 5.96 Å². The second kappa shape index (κ2) is 6.89. The van der Waals surface area contributed by atoms with E-state index < -0.39 is 11.6 Å². The fourth-order valence-corrected chi connectivity index (χ4v) is 3.51. The maximum Gasteiger partial charge on any atom is 0.322 e. The molecule has 1 saturated carbocycles. The lowest BCUT2D eigenvalue weighted by atomic mass is 9.79. The number of rotatable bonds is 4. The third-order valence-electron chi connectivity index (χ3n) is 5.24. The highest BCUT2D eigenvalue weighted by Crippen LogP contribution is 2.30. The molecular formula is C16H26N6O3. The van der Waals surface area contributed by atoms with Gasteiger partial charge in [0.1, 0.15) is 5.54 Å². The summed E-state index contributed by atoms with van der Waals surface area (Å²) in [6.07, 6.45) is 3.66. The molecule has 0 spiro atoms. The smallest absolute Gasteiger partial charge is 0.322 e. The number of amides is 4. The standard InChI is InChI=1S/C16H26N6O3/c1-16(13(24)20-15(25)21-16)10-5-7-22(8-6-10)14(17-2)18-9-12(23)19-11-3-4-11/h10-11H,3-9H2,1-2H3,(H,17,18)(H,19,23)(H2,20,21,24,25). The van der Waals surface area contributed by atoms with Gasteiger partial charge in [0.2, 0.25) is 5.91 Å². The van der Waals surface area contributed by atoms with Crippen molar-refractivity contribution in [2.24, 2.45) is 10.9 Å². The van der Waals surface area contributed by atoms with Crippen LogP contribution in [0.2, 0.25) is 0 Å². The van der Waals surface area contributed by atoms with E-state index in [1.54, 1.807) is 14.0 Å². The Kier molecular flexibility index (Phi) is 4.82. The summed E-state index contributed by atoms with van der Waals surface area (Å²) in [4.78, 5) is 41.6. The van der Waals surface area contributed by atoms with Crippen LogP contribution in [0.1, 0.15) is 32.6 Å². The van der Waals surface area contributed by atoms with Crippen molar-refractivity contribution in [3.63, 3.8) is 0 Å². The quantitative estimate of drug-likeness (QED) is 0.300. The summed E-state index contributed by atoms with van der Waals surface area (Å²) in [6, 6.07) is -0.0744. The molecule has 25 heavy (non-hydrogen) atoms. The van der Waals surface area contributed by atoms with Gasteiger partial charge in [-0.2, -0.15) is 0 Å². The molecule has 2 heterocycles. The summed E-state index contributed by atoms with van der Waals surface area (Å²) in [5, 5.41) is 11.1. The van der Waals surface area contributed by atoms with Crippen LogP contribution in [-0.2, 0) is 9.59 Å². The van der Waals surface area contributed by atoms with E-state index in [0.29, 0.717) is 25.1 Å². The van der Waals surface area contributed by atoms with Gasteiger partial charge in [-0.05, 0) is 38.5 Å². The summed E-state index contributed by atoms with van der Waals surface area (Å²) < 4.78 is 0. The average molecular weight is 350 g/mol. The van der Waals surface area contributed by atoms with Crippen molar-refractivity contribution in [1.29, 1.82) is 0 Å². The predicted octanol–water partition coefficient (Wildman–Crippen LogP) is -0.849. The minimum Gasteiger partial charge on any atom is -0.352 e. The van der Waals surface area contributed by atoms with Crippen LogP contribution in [0.4, 0.5) is 4.79 Å². The molecule has 3 fully saturated rings. The monoisotopic (exact) mass is 350 g/mol. The Morgan fingerprint density at radius 1 is 1.28 bits per heavy atom. The summed E-state index contributed by atoms with van der Waals surface area (Å²) in [6.45, 7) is 3.42. The highest BCUT2D eigenvalue weighted by Gasteiger charge is 2.48. The van der Waals surface area contributed by atoms with Crippen molar-refractivity contribution in [2.75, 3.05) is 26.7 Å². The van der Waals surface area contributed by atoms with Crippen LogP contribution in [0, 0.1) is 5.92 Å². The lowest BCUT2D eigenvalue weighted by Crippen LogP contribution is -2.55. The number of likely N-dealkylation sites (tertiary alicyclic amines) is 1. The molecule has 0 aromatic heterocycles. The zero-order valence-corrected chi connectivity index (χ0v) is 14.7. The number of nitrogens with zero attached hydrogens (tertiary/aromatic N) is 2. The Labute approximate surface area is 147 Å². The van der Waals surface area contributed by atoms with Gasteiger partial charge in [-0.3, -0.25) is 19.9 Å². The van der Waals surface area contributed by atoms with E-state index in [2.05, 4.69) is 31.2 Å². The van der Waals surface area contributed by atoms with Gasteiger partial charge in [0, 0.05) is 26.2 Å². The number of nitrogens with one attached hydrogen (secondary N) is 4. The topological polar surface area (TPSA) is 115 Å².